The first kappa shape index (κ1) is 23.4. The average molecular weight is 532 g/mol. The zero-order chi connectivity index (χ0) is 24.5. The summed E-state index contributed by atoms with van der Waals surface area (Å²) in [7, 11) is 0. The Balaban J connectivity index is 1.62. The van der Waals surface area contributed by atoms with Crippen LogP contribution in [0.3, 0.4) is 0 Å². The van der Waals surface area contributed by atoms with Crippen molar-refractivity contribution < 1.29 is 13.9 Å². The Kier molecular flexibility index (Phi) is 6.48. The second-order valence-electron chi connectivity index (χ2n) is 8.85. The summed E-state index contributed by atoms with van der Waals surface area (Å²) in [6.45, 7) is 4.82. The number of fused-ring (bicyclic) bond motifs is 2. The summed E-state index contributed by atoms with van der Waals surface area (Å²) in [6, 6.07) is 20.0. The SMILES string of the molecule is CCCCCOc1ccc(C2c3c(oc4ccc(Br)cc4c3=O)C(=O)N2c2ccc(C)cc2)cc1. The van der Waals surface area contributed by atoms with E-state index in [4.69, 9.17) is 9.15 Å². The van der Waals surface area contributed by atoms with Gasteiger partial charge in [-0.05, 0) is 61.4 Å². The molecule has 1 aromatic heterocycles. The van der Waals surface area contributed by atoms with Gasteiger partial charge in [0.2, 0.25) is 5.76 Å². The van der Waals surface area contributed by atoms with Crippen molar-refractivity contribution in [3.05, 3.63) is 104 Å². The number of ether oxygens (including phenoxy) is 1. The molecule has 5 nitrogen and oxygen atoms in total. The van der Waals surface area contributed by atoms with Crippen molar-refractivity contribution in [1.29, 1.82) is 0 Å². The minimum absolute atomic E-state index is 0.0929. The number of aryl methyl sites for hydroxylation is 1. The Bertz CT molecular complexity index is 1440. The second-order valence-corrected chi connectivity index (χ2v) is 9.77. The second kappa shape index (κ2) is 9.70. The molecule has 0 saturated carbocycles. The summed E-state index contributed by atoms with van der Waals surface area (Å²) in [4.78, 5) is 29.0. The molecule has 0 radical (unpaired) electrons. The minimum atomic E-state index is -0.603. The molecule has 1 unspecified atom stereocenters. The van der Waals surface area contributed by atoms with E-state index in [9.17, 15) is 9.59 Å². The first-order chi connectivity index (χ1) is 17.0. The molecule has 0 bridgehead atoms. The number of anilines is 1. The lowest BCUT2D eigenvalue weighted by Gasteiger charge is -2.25. The van der Waals surface area contributed by atoms with Crippen molar-refractivity contribution >= 4 is 38.5 Å². The fourth-order valence-corrected chi connectivity index (χ4v) is 4.88. The molecule has 2 heterocycles. The van der Waals surface area contributed by atoms with E-state index < -0.39 is 6.04 Å². The Morgan fingerprint density at radius 2 is 1.71 bits per heavy atom. The van der Waals surface area contributed by atoms with Gasteiger partial charge in [-0.25, -0.2) is 0 Å². The molecule has 4 aromatic rings. The first-order valence-corrected chi connectivity index (χ1v) is 12.7. The third-order valence-corrected chi connectivity index (χ3v) is 6.85. The number of rotatable bonds is 7. The minimum Gasteiger partial charge on any atom is -0.494 e. The quantitative estimate of drug-likeness (QED) is 0.237. The molecule has 1 aliphatic heterocycles. The first-order valence-electron chi connectivity index (χ1n) is 11.9. The highest BCUT2D eigenvalue weighted by atomic mass is 79.9. The highest BCUT2D eigenvalue weighted by Crippen LogP contribution is 2.41. The van der Waals surface area contributed by atoms with Crippen LogP contribution in [0.4, 0.5) is 5.69 Å². The molecular weight excluding hydrogens is 506 g/mol. The van der Waals surface area contributed by atoms with Crippen LogP contribution in [0.25, 0.3) is 11.0 Å². The highest BCUT2D eigenvalue weighted by Gasteiger charge is 2.43. The molecule has 0 saturated heterocycles. The van der Waals surface area contributed by atoms with Crippen LogP contribution in [0.5, 0.6) is 5.75 Å². The molecule has 0 aliphatic carbocycles. The maximum atomic E-state index is 13.7. The van der Waals surface area contributed by atoms with Crippen LogP contribution < -0.4 is 15.1 Å². The molecule has 3 aromatic carbocycles. The predicted molar refractivity (Wildman–Crippen MR) is 141 cm³/mol. The number of hydrogen-bond acceptors (Lipinski definition) is 4. The molecule has 35 heavy (non-hydrogen) atoms. The van der Waals surface area contributed by atoms with Crippen molar-refractivity contribution in [3.8, 4) is 5.75 Å². The zero-order valence-electron chi connectivity index (χ0n) is 19.7. The molecule has 0 fully saturated rings. The van der Waals surface area contributed by atoms with E-state index in [0.717, 1.165) is 40.6 Å². The lowest BCUT2D eigenvalue weighted by molar-refractivity contribution is 0.0971. The standard InChI is InChI=1S/C29H26BrNO4/c1-3-4-5-16-34-22-13-8-19(9-14-22)26-25-27(32)23-17-20(30)10-15-24(23)35-28(25)29(33)31(26)21-11-6-18(2)7-12-21/h6-15,17,26H,3-5,16H2,1-2H3. The van der Waals surface area contributed by atoms with Crippen LogP contribution in [0.2, 0.25) is 0 Å². The summed E-state index contributed by atoms with van der Waals surface area (Å²) < 4.78 is 12.7. The number of unbranched alkanes of at least 4 members (excludes halogenated alkanes) is 2. The van der Waals surface area contributed by atoms with Crippen molar-refractivity contribution in [2.75, 3.05) is 11.5 Å². The van der Waals surface area contributed by atoms with Gasteiger partial charge in [-0.2, -0.15) is 0 Å². The van der Waals surface area contributed by atoms with Crippen molar-refractivity contribution in [1.82, 2.24) is 0 Å². The summed E-state index contributed by atoms with van der Waals surface area (Å²) >= 11 is 3.44. The number of carbonyl (C=O) groups is 1. The predicted octanol–water partition coefficient (Wildman–Crippen LogP) is 7.18. The number of amides is 1. The van der Waals surface area contributed by atoms with Crippen LogP contribution in [0.15, 0.2) is 80.4 Å². The monoisotopic (exact) mass is 531 g/mol. The number of nitrogens with zero attached hydrogens (tertiary/aromatic N) is 1. The number of carbonyl (C=O) groups excluding carboxylic acids is 1. The Morgan fingerprint density at radius 3 is 2.43 bits per heavy atom. The van der Waals surface area contributed by atoms with Crippen molar-refractivity contribution in [2.45, 2.75) is 39.2 Å². The molecule has 6 heteroatoms. The molecule has 0 N–H and O–H groups in total. The molecule has 178 valence electrons. The Labute approximate surface area is 212 Å². The third kappa shape index (κ3) is 4.39. The highest BCUT2D eigenvalue weighted by molar-refractivity contribution is 9.10. The van der Waals surface area contributed by atoms with Crippen LogP contribution in [0, 0.1) is 6.92 Å². The number of halogens is 1. The summed E-state index contributed by atoms with van der Waals surface area (Å²) in [6.07, 6.45) is 3.28. The van der Waals surface area contributed by atoms with Crippen LogP contribution in [0.1, 0.15) is 59.5 Å². The van der Waals surface area contributed by atoms with Gasteiger partial charge in [-0.1, -0.05) is 65.5 Å². The fourth-order valence-electron chi connectivity index (χ4n) is 4.52. The van der Waals surface area contributed by atoms with Gasteiger partial charge < -0.3 is 9.15 Å². The van der Waals surface area contributed by atoms with Gasteiger partial charge in [0, 0.05) is 10.2 Å². The summed E-state index contributed by atoms with van der Waals surface area (Å²) in [5.41, 5.74) is 3.17. The van der Waals surface area contributed by atoms with E-state index >= 15 is 0 Å². The maximum absolute atomic E-state index is 13.7. The number of hydrogen-bond donors (Lipinski definition) is 0. The van der Waals surface area contributed by atoms with E-state index in [1.807, 2.05) is 55.5 Å². The largest absolute Gasteiger partial charge is 0.494 e. The molecule has 5 rings (SSSR count). The van der Waals surface area contributed by atoms with Gasteiger partial charge in [0.25, 0.3) is 5.91 Å². The maximum Gasteiger partial charge on any atom is 0.295 e. The smallest absolute Gasteiger partial charge is 0.295 e. The molecule has 1 amide bonds. The van der Waals surface area contributed by atoms with Gasteiger partial charge in [0.1, 0.15) is 11.3 Å². The van der Waals surface area contributed by atoms with Crippen LogP contribution in [-0.4, -0.2) is 12.5 Å². The lowest BCUT2D eigenvalue weighted by Crippen LogP contribution is -2.29. The normalized spacial score (nSPS) is 15.0. The average Bonchev–Trinajstić information content (AvgIpc) is 3.16. The van der Waals surface area contributed by atoms with Crippen molar-refractivity contribution in [2.24, 2.45) is 0 Å². The van der Waals surface area contributed by atoms with Gasteiger partial charge in [0.05, 0.1) is 23.6 Å². The van der Waals surface area contributed by atoms with Crippen molar-refractivity contribution in [3.63, 3.8) is 0 Å². The van der Waals surface area contributed by atoms with Gasteiger partial charge in [-0.15, -0.1) is 0 Å². The van der Waals surface area contributed by atoms with E-state index in [1.54, 1.807) is 23.1 Å². The molecule has 1 aliphatic rings. The number of benzene rings is 3. The van der Waals surface area contributed by atoms with Gasteiger partial charge in [-0.3, -0.25) is 14.5 Å². The van der Waals surface area contributed by atoms with Crippen LogP contribution >= 0.6 is 15.9 Å². The van der Waals surface area contributed by atoms with E-state index in [2.05, 4.69) is 22.9 Å². The molecular formula is C29H26BrNO4. The van der Waals surface area contributed by atoms with E-state index in [1.165, 1.54) is 0 Å². The Hall–Kier alpha value is -3.38. The zero-order valence-corrected chi connectivity index (χ0v) is 21.3. The summed E-state index contributed by atoms with van der Waals surface area (Å²) in [5.74, 6) is 0.539. The van der Waals surface area contributed by atoms with Gasteiger partial charge >= 0.3 is 0 Å². The lowest BCUT2D eigenvalue weighted by atomic mass is 9.98. The van der Waals surface area contributed by atoms with Crippen LogP contribution in [-0.2, 0) is 0 Å². The summed E-state index contributed by atoms with van der Waals surface area (Å²) in [5, 5.41) is 0.442. The Morgan fingerprint density at radius 1 is 0.971 bits per heavy atom. The topological polar surface area (TPSA) is 59.8 Å². The third-order valence-electron chi connectivity index (χ3n) is 6.36. The van der Waals surface area contributed by atoms with Gasteiger partial charge in [0.15, 0.2) is 5.43 Å². The van der Waals surface area contributed by atoms with E-state index in [0.29, 0.717) is 28.8 Å². The van der Waals surface area contributed by atoms with E-state index in [-0.39, 0.29) is 17.1 Å². The molecule has 1 atom stereocenters. The fraction of sp³-hybridized carbons (Fsp3) is 0.241. The molecule has 0 spiro atoms.